The molecule has 0 saturated carbocycles. The van der Waals surface area contributed by atoms with Crippen LogP contribution in [0.25, 0.3) is 5.57 Å². The Morgan fingerprint density at radius 2 is 0.608 bits per heavy atom. The lowest BCUT2D eigenvalue weighted by Crippen LogP contribution is -2.03. The van der Waals surface area contributed by atoms with Gasteiger partial charge in [-0.1, -0.05) is 35.5 Å². The Balaban J connectivity index is 1.62. The zero-order chi connectivity index (χ0) is 53.3. The van der Waals surface area contributed by atoms with Crippen molar-refractivity contribution in [2.24, 2.45) is 0 Å². The number of allylic oxidation sites excluding steroid dienone is 2. The van der Waals surface area contributed by atoms with Gasteiger partial charge in [0, 0.05) is 40.8 Å². The van der Waals surface area contributed by atoms with Crippen molar-refractivity contribution < 1.29 is 66.3 Å². The van der Waals surface area contributed by atoms with Crippen LogP contribution in [0.4, 0.5) is 0 Å². The Kier molecular flexibility index (Phi) is 19.0. The predicted molar refractivity (Wildman–Crippen MR) is 284 cm³/mol. The van der Waals surface area contributed by atoms with Crippen molar-refractivity contribution in [1.82, 2.24) is 0 Å². The molecule has 0 aliphatic rings. The van der Waals surface area contributed by atoms with E-state index in [9.17, 15) is 0 Å². The summed E-state index contributed by atoms with van der Waals surface area (Å²) in [6.07, 6.45) is 0.681. The van der Waals surface area contributed by atoms with Gasteiger partial charge in [-0.25, -0.2) is 0 Å². The fourth-order valence-corrected chi connectivity index (χ4v) is 7.99. The quantitative estimate of drug-likeness (QED) is 0.0714. The third-order valence-corrected chi connectivity index (χ3v) is 11.7. The van der Waals surface area contributed by atoms with Gasteiger partial charge in [-0.3, -0.25) is 0 Å². The number of hydrogen-bond donors (Lipinski definition) is 0. The topological polar surface area (TPSA) is 129 Å². The summed E-state index contributed by atoms with van der Waals surface area (Å²) >= 11 is 0. The average molecular weight is 1010 g/mol. The van der Waals surface area contributed by atoms with Crippen LogP contribution in [0.2, 0.25) is 0 Å². The maximum atomic E-state index is 6.11. The van der Waals surface area contributed by atoms with Gasteiger partial charge < -0.3 is 66.3 Å². The summed E-state index contributed by atoms with van der Waals surface area (Å²) in [6, 6.07) is 26.0. The van der Waals surface area contributed by atoms with Gasteiger partial charge in [-0.15, -0.1) is 0 Å². The lowest BCUT2D eigenvalue weighted by Gasteiger charge is -2.18. The molecule has 0 saturated heterocycles. The van der Waals surface area contributed by atoms with Gasteiger partial charge >= 0.3 is 0 Å². The molecule has 6 aromatic carbocycles. The van der Waals surface area contributed by atoms with Crippen LogP contribution in [-0.4, -0.2) is 99.5 Å². The highest BCUT2D eigenvalue weighted by Crippen LogP contribution is 2.41. The van der Waals surface area contributed by atoms with E-state index >= 15 is 0 Å². The third-order valence-electron chi connectivity index (χ3n) is 11.7. The van der Waals surface area contributed by atoms with Gasteiger partial charge in [0.1, 0.15) is 57.1 Å². The molecule has 74 heavy (non-hydrogen) atoms. The molecule has 0 aliphatic carbocycles. The third kappa shape index (κ3) is 12.7. The maximum Gasteiger partial charge on any atom is 0.203 e. The normalized spacial score (nSPS) is 10.6. The van der Waals surface area contributed by atoms with E-state index in [2.05, 4.69) is 35.5 Å². The molecule has 0 N–H and O–H groups in total. The largest absolute Gasteiger partial charge is 0.497 e. The average Bonchev–Trinajstić information content (AvgIpc) is 3.44. The number of rotatable bonds is 19. The zero-order valence-corrected chi connectivity index (χ0v) is 44.2. The molecule has 0 bridgehead atoms. The SMILES string of the molecule is COc1cc(C/C(C#Cc2cc(OC)c(C#Cc3cc(OC)c(OC)c(OC)c3)c(OC)c2)=C(/Cc2cc(OC)cc(OC)c2)c2cc(OC)c(C#Cc3cc(OC)c(OC)c(OC)c3)c(OC)c2)cc(OC)c1. The van der Waals surface area contributed by atoms with E-state index in [0.29, 0.717) is 121 Å². The lowest BCUT2D eigenvalue weighted by molar-refractivity contribution is 0.324. The van der Waals surface area contributed by atoms with E-state index in [-0.39, 0.29) is 0 Å². The molecular formula is C60H60O14. The van der Waals surface area contributed by atoms with E-state index in [1.165, 1.54) is 0 Å². The van der Waals surface area contributed by atoms with Crippen LogP contribution in [-0.2, 0) is 12.8 Å². The molecule has 384 valence electrons. The van der Waals surface area contributed by atoms with Crippen LogP contribution in [0.1, 0.15) is 44.5 Å². The van der Waals surface area contributed by atoms with Gasteiger partial charge in [-0.2, -0.15) is 0 Å². The van der Waals surface area contributed by atoms with Crippen LogP contribution < -0.4 is 66.3 Å². The van der Waals surface area contributed by atoms with Gasteiger partial charge in [0.15, 0.2) is 23.0 Å². The smallest absolute Gasteiger partial charge is 0.203 e. The number of methoxy groups -OCH3 is 14. The summed E-state index contributed by atoms with van der Waals surface area (Å²) in [5.74, 6) is 27.0. The Morgan fingerprint density at radius 3 is 0.932 bits per heavy atom. The molecule has 6 aromatic rings. The van der Waals surface area contributed by atoms with E-state index in [0.717, 1.165) is 27.8 Å². The van der Waals surface area contributed by atoms with Gasteiger partial charge in [-0.05, 0) is 101 Å². The van der Waals surface area contributed by atoms with Gasteiger partial charge in [0.2, 0.25) is 11.5 Å². The number of hydrogen-bond acceptors (Lipinski definition) is 14. The summed E-state index contributed by atoms with van der Waals surface area (Å²) in [5.41, 5.74) is 6.86. The standard InChI is InChI=1S/C60H60O14/c1-61-44-22-40(23-45(35-44)62-2)21-42(18-15-37-27-51(65-5)48(52(28-37)66-6)19-16-38-29-55(69-9)59(73-13)56(30-38)70-10)50(26-41-24-46(63-3)36-47(25-41)64-4)43-33-53(67-7)49(54(34-43)68-8)20-17-39-31-57(71-11)60(74-14)58(32-39)72-12/h22-25,27-36H,21,26H2,1-14H3/b50-42-. The summed E-state index contributed by atoms with van der Waals surface area (Å²) < 4.78 is 80.4. The molecule has 0 radical (unpaired) electrons. The Morgan fingerprint density at radius 1 is 0.297 bits per heavy atom. The van der Waals surface area contributed by atoms with Crippen molar-refractivity contribution in [2.75, 3.05) is 99.5 Å². The van der Waals surface area contributed by atoms with Crippen molar-refractivity contribution in [3.63, 3.8) is 0 Å². The first-order valence-corrected chi connectivity index (χ1v) is 22.8. The highest BCUT2D eigenvalue weighted by Gasteiger charge is 2.20. The minimum atomic E-state index is 0.330. The molecule has 0 atom stereocenters. The molecule has 6 rings (SSSR count). The van der Waals surface area contributed by atoms with Crippen molar-refractivity contribution in [3.05, 3.63) is 135 Å². The van der Waals surface area contributed by atoms with Crippen molar-refractivity contribution in [2.45, 2.75) is 12.8 Å². The molecule has 0 heterocycles. The summed E-state index contributed by atoms with van der Waals surface area (Å²) in [7, 11) is 22.1. The van der Waals surface area contributed by atoms with Crippen LogP contribution in [0.3, 0.4) is 0 Å². The van der Waals surface area contributed by atoms with Crippen LogP contribution in [0.5, 0.6) is 80.5 Å². The fourth-order valence-electron chi connectivity index (χ4n) is 7.99. The van der Waals surface area contributed by atoms with Gasteiger partial charge in [0.05, 0.1) is 99.5 Å². The summed E-state index contributed by atoms with van der Waals surface area (Å²) in [4.78, 5) is 0. The molecule has 0 spiro atoms. The molecule has 14 nitrogen and oxygen atoms in total. The Bertz CT molecular complexity index is 3060. The summed E-state index contributed by atoms with van der Waals surface area (Å²) in [6.45, 7) is 0. The van der Waals surface area contributed by atoms with Crippen molar-refractivity contribution >= 4 is 5.57 Å². The molecule has 0 aliphatic heterocycles. The Labute approximate surface area is 433 Å². The zero-order valence-electron chi connectivity index (χ0n) is 44.2. The van der Waals surface area contributed by atoms with E-state index in [1.54, 1.807) is 124 Å². The van der Waals surface area contributed by atoms with E-state index in [4.69, 9.17) is 66.3 Å². The molecule has 14 heteroatoms. The van der Waals surface area contributed by atoms with Gasteiger partial charge in [0.25, 0.3) is 0 Å². The second-order valence-corrected chi connectivity index (χ2v) is 15.8. The minimum Gasteiger partial charge on any atom is -0.497 e. The van der Waals surface area contributed by atoms with E-state index in [1.807, 2.05) is 60.7 Å². The number of ether oxygens (including phenoxy) is 14. The Hall–Kier alpha value is -9.06. The molecule has 0 unspecified atom stereocenters. The van der Waals surface area contributed by atoms with E-state index < -0.39 is 0 Å². The summed E-state index contributed by atoms with van der Waals surface area (Å²) in [5, 5.41) is 0. The molecule has 0 aromatic heterocycles. The maximum absolute atomic E-state index is 6.11. The first-order chi connectivity index (χ1) is 36.0. The van der Waals surface area contributed by atoms with Crippen molar-refractivity contribution in [1.29, 1.82) is 0 Å². The highest BCUT2D eigenvalue weighted by molar-refractivity contribution is 5.79. The highest BCUT2D eigenvalue weighted by atomic mass is 16.5. The van der Waals surface area contributed by atoms with Crippen LogP contribution in [0.15, 0.2) is 90.5 Å². The molecule has 0 amide bonds. The van der Waals surface area contributed by atoms with Crippen LogP contribution >= 0.6 is 0 Å². The molecular weight excluding hydrogens is 945 g/mol. The second-order valence-electron chi connectivity index (χ2n) is 15.8. The first kappa shape index (κ1) is 54.3. The first-order valence-electron chi connectivity index (χ1n) is 22.8. The monoisotopic (exact) mass is 1000 g/mol. The fraction of sp³-hybridized carbons (Fsp3) is 0.267. The number of benzene rings is 6. The molecule has 0 fully saturated rings. The predicted octanol–water partition coefficient (Wildman–Crippen LogP) is 9.90. The lowest BCUT2D eigenvalue weighted by atomic mass is 9.89. The van der Waals surface area contributed by atoms with Crippen molar-refractivity contribution in [3.8, 4) is 116 Å². The minimum absolute atomic E-state index is 0.330. The second kappa shape index (κ2) is 25.9. The van der Waals surface area contributed by atoms with Crippen LogP contribution in [0, 0.1) is 35.5 Å².